The Balaban J connectivity index is 2.14. The van der Waals surface area contributed by atoms with Crippen molar-refractivity contribution in [3.05, 3.63) is 58.6 Å². The van der Waals surface area contributed by atoms with Crippen LogP contribution in [0.3, 0.4) is 0 Å². The van der Waals surface area contributed by atoms with Crippen LogP contribution < -0.4 is 11.1 Å². The standard InChI is InChI=1S/C14H11ClN2O3/c15-11-7-9(3-6-12(11)18)14(20)17-10-4-1-8(2-5-10)13(16)19/h1-7,18H,(H2,16,19)(H,17,20). The number of hydrogen-bond donors (Lipinski definition) is 3. The third-order valence-electron chi connectivity index (χ3n) is 2.64. The summed E-state index contributed by atoms with van der Waals surface area (Å²) in [6, 6.07) is 10.3. The Labute approximate surface area is 120 Å². The maximum atomic E-state index is 12.0. The molecule has 2 aromatic carbocycles. The minimum Gasteiger partial charge on any atom is -0.506 e. The molecule has 0 spiro atoms. The lowest BCUT2D eigenvalue weighted by Gasteiger charge is -2.06. The molecule has 20 heavy (non-hydrogen) atoms. The molecule has 0 aliphatic heterocycles. The van der Waals surface area contributed by atoms with E-state index in [2.05, 4.69) is 5.32 Å². The summed E-state index contributed by atoms with van der Waals surface area (Å²) in [5.74, 6) is -0.999. The molecule has 0 unspecified atom stereocenters. The number of carbonyl (C=O) groups is 2. The van der Waals surface area contributed by atoms with Gasteiger partial charge in [0.15, 0.2) is 0 Å². The Hall–Kier alpha value is -2.53. The van der Waals surface area contributed by atoms with E-state index in [1.807, 2.05) is 0 Å². The molecule has 0 aliphatic rings. The molecular weight excluding hydrogens is 280 g/mol. The lowest BCUT2D eigenvalue weighted by atomic mass is 10.1. The van der Waals surface area contributed by atoms with E-state index in [-0.39, 0.29) is 16.7 Å². The van der Waals surface area contributed by atoms with E-state index in [4.69, 9.17) is 17.3 Å². The van der Waals surface area contributed by atoms with Crippen LogP contribution in [-0.4, -0.2) is 16.9 Å². The summed E-state index contributed by atoms with van der Waals surface area (Å²) in [5.41, 5.74) is 6.31. The van der Waals surface area contributed by atoms with Crippen LogP contribution in [0.15, 0.2) is 42.5 Å². The zero-order chi connectivity index (χ0) is 14.7. The van der Waals surface area contributed by atoms with E-state index in [1.54, 1.807) is 12.1 Å². The number of nitrogens with two attached hydrogens (primary N) is 1. The Morgan fingerprint density at radius 2 is 1.65 bits per heavy atom. The number of nitrogens with one attached hydrogen (secondary N) is 1. The van der Waals surface area contributed by atoms with Gasteiger partial charge in [-0.2, -0.15) is 0 Å². The van der Waals surface area contributed by atoms with Gasteiger partial charge in [0.2, 0.25) is 5.91 Å². The van der Waals surface area contributed by atoms with Crippen LogP contribution in [0.4, 0.5) is 5.69 Å². The number of halogens is 1. The predicted octanol–water partition coefficient (Wildman–Crippen LogP) is 2.40. The minimum atomic E-state index is -0.534. The molecule has 0 fully saturated rings. The fourth-order valence-electron chi connectivity index (χ4n) is 1.57. The van der Waals surface area contributed by atoms with Gasteiger partial charge in [0.25, 0.3) is 5.91 Å². The molecule has 0 atom stereocenters. The van der Waals surface area contributed by atoms with Crippen molar-refractivity contribution in [1.82, 2.24) is 0 Å². The topological polar surface area (TPSA) is 92.4 Å². The Morgan fingerprint density at radius 3 is 2.20 bits per heavy atom. The van der Waals surface area contributed by atoms with Gasteiger partial charge in [-0.1, -0.05) is 11.6 Å². The predicted molar refractivity (Wildman–Crippen MR) is 76.0 cm³/mol. The van der Waals surface area contributed by atoms with Gasteiger partial charge < -0.3 is 16.2 Å². The average molecular weight is 291 g/mol. The highest BCUT2D eigenvalue weighted by atomic mass is 35.5. The fourth-order valence-corrected chi connectivity index (χ4v) is 1.75. The van der Waals surface area contributed by atoms with Crippen molar-refractivity contribution in [3.8, 4) is 5.75 Å². The molecule has 0 radical (unpaired) electrons. The minimum absolute atomic E-state index is 0.0889. The van der Waals surface area contributed by atoms with Gasteiger partial charge >= 0.3 is 0 Å². The van der Waals surface area contributed by atoms with Crippen molar-refractivity contribution in [2.75, 3.05) is 5.32 Å². The number of primary amides is 1. The highest BCUT2D eigenvalue weighted by molar-refractivity contribution is 6.32. The molecule has 6 heteroatoms. The molecule has 4 N–H and O–H groups in total. The molecule has 0 heterocycles. The van der Waals surface area contributed by atoms with Gasteiger partial charge in [-0.15, -0.1) is 0 Å². The van der Waals surface area contributed by atoms with Crippen LogP contribution in [0, 0.1) is 0 Å². The maximum Gasteiger partial charge on any atom is 0.255 e. The first-order valence-corrected chi connectivity index (χ1v) is 6.05. The van der Waals surface area contributed by atoms with Gasteiger partial charge in [-0.25, -0.2) is 0 Å². The Morgan fingerprint density at radius 1 is 1.05 bits per heavy atom. The zero-order valence-corrected chi connectivity index (χ0v) is 11.0. The normalized spacial score (nSPS) is 10.1. The van der Waals surface area contributed by atoms with Gasteiger partial charge in [-0.3, -0.25) is 9.59 Å². The van der Waals surface area contributed by atoms with Crippen LogP contribution in [0.1, 0.15) is 20.7 Å². The molecule has 0 bridgehead atoms. The summed E-state index contributed by atoms with van der Waals surface area (Å²) in [4.78, 5) is 22.9. The van der Waals surface area contributed by atoms with Gasteiger partial charge in [0.05, 0.1) is 5.02 Å². The van der Waals surface area contributed by atoms with Crippen molar-refractivity contribution in [2.45, 2.75) is 0 Å². The molecule has 0 saturated heterocycles. The second-order valence-corrected chi connectivity index (χ2v) is 4.47. The van der Waals surface area contributed by atoms with E-state index in [1.165, 1.54) is 30.3 Å². The number of benzene rings is 2. The SMILES string of the molecule is NC(=O)c1ccc(NC(=O)c2ccc(O)c(Cl)c2)cc1. The molecule has 0 aliphatic carbocycles. The third-order valence-corrected chi connectivity index (χ3v) is 2.94. The third kappa shape index (κ3) is 3.07. The number of phenolic OH excluding ortho intramolecular Hbond substituents is 1. The van der Waals surface area contributed by atoms with Crippen molar-refractivity contribution >= 4 is 29.1 Å². The van der Waals surface area contributed by atoms with E-state index < -0.39 is 5.91 Å². The fraction of sp³-hybridized carbons (Fsp3) is 0. The Bertz CT molecular complexity index is 669. The summed E-state index contributed by atoms with van der Waals surface area (Å²) >= 11 is 5.74. The van der Waals surface area contributed by atoms with Crippen molar-refractivity contribution in [3.63, 3.8) is 0 Å². The second kappa shape index (κ2) is 5.63. The van der Waals surface area contributed by atoms with Crippen LogP contribution in [0.5, 0.6) is 5.75 Å². The zero-order valence-electron chi connectivity index (χ0n) is 10.3. The number of rotatable bonds is 3. The number of hydrogen-bond acceptors (Lipinski definition) is 3. The number of amides is 2. The van der Waals surface area contributed by atoms with Gasteiger partial charge in [0.1, 0.15) is 5.75 Å². The smallest absolute Gasteiger partial charge is 0.255 e. The van der Waals surface area contributed by atoms with E-state index in [0.29, 0.717) is 16.8 Å². The molecule has 0 aromatic heterocycles. The summed E-state index contributed by atoms with van der Waals surface area (Å²) in [7, 11) is 0. The number of aromatic hydroxyl groups is 1. The number of phenols is 1. The first-order valence-electron chi connectivity index (χ1n) is 5.67. The van der Waals surface area contributed by atoms with Crippen molar-refractivity contribution in [1.29, 1.82) is 0 Å². The molecule has 5 nitrogen and oxygen atoms in total. The number of carbonyl (C=O) groups excluding carboxylic acids is 2. The van der Waals surface area contributed by atoms with E-state index in [9.17, 15) is 14.7 Å². The monoisotopic (exact) mass is 290 g/mol. The molecule has 2 aromatic rings. The van der Waals surface area contributed by atoms with Crippen LogP contribution >= 0.6 is 11.6 Å². The van der Waals surface area contributed by atoms with Crippen molar-refractivity contribution < 1.29 is 14.7 Å². The maximum absolute atomic E-state index is 12.0. The van der Waals surface area contributed by atoms with E-state index in [0.717, 1.165) is 0 Å². The molecule has 102 valence electrons. The highest BCUT2D eigenvalue weighted by Gasteiger charge is 2.09. The van der Waals surface area contributed by atoms with E-state index >= 15 is 0 Å². The second-order valence-electron chi connectivity index (χ2n) is 4.06. The highest BCUT2D eigenvalue weighted by Crippen LogP contribution is 2.24. The lowest BCUT2D eigenvalue weighted by molar-refractivity contribution is 0.0998. The van der Waals surface area contributed by atoms with Crippen LogP contribution in [-0.2, 0) is 0 Å². The number of anilines is 1. The molecule has 2 amide bonds. The van der Waals surface area contributed by atoms with Crippen molar-refractivity contribution in [2.24, 2.45) is 5.73 Å². The van der Waals surface area contributed by atoms with Gasteiger partial charge in [0, 0.05) is 16.8 Å². The summed E-state index contributed by atoms with van der Waals surface area (Å²) in [5, 5.41) is 12.0. The quantitative estimate of drug-likeness (QED) is 0.810. The van der Waals surface area contributed by atoms with Crippen LogP contribution in [0.25, 0.3) is 0 Å². The molecule has 0 saturated carbocycles. The summed E-state index contributed by atoms with van der Waals surface area (Å²) < 4.78 is 0. The van der Waals surface area contributed by atoms with Gasteiger partial charge in [-0.05, 0) is 42.5 Å². The first kappa shape index (κ1) is 13.9. The first-order chi connectivity index (χ1) is 9.47. The largest absolute Gasteiger partial charge is 0.506 e. The average Bonchev–Trinajstić information content (AvgIpc) is 2.42. The molecule has 2 rings (SSSR count). The summed E-state index contributed by atoms with van der Waals surface area (Å²) in [6.45, 7) is 0. The lowest BCUT2D eigenvalue weighted by Crippen LogP contribution is -2.13. The van der Waals surface area contributed by atoms with Crippen LogP contribution in [0.2, 0.25) is 5.02 Å². The summed E-state index contributed by atoms with van der Waals surface area (Å²) in [6.07, 6.45) is 0. The molecular formula is C14H11ClN2O3. The Kier molecular flexibility index (Phi) is 3.91.